The average molecular weight is 531 g/mol. The highest BCUT2D eigenvalue weighted by molar-refractivity contribution is 8.25. The van der Waals surface area contributed by atoms with E-state index in [-0.39, 0.29) is 5.82 Å². The van der Waals surface area contributed by atoms with Crippen molar-refractivity contribution in [2.75, 3.05) is 19.3 Å². The van der Waals surface area contributed by atoms with Crippen molar-refractivity contribution in [1.82, 2.24) is 30.2 Å². The van der Waals surface area contributed by atoms with Gasteiger partial charge in [-0.3, -0.25) is 14.8 Å². The second kappa shape index (κ2) is 10.7. The Morgan fingerprint density at radius 2 is 1.97 bits per heavy atom. The second-order valence-corrected chi connectivity index (χ2v) is 13.2. The SMILES string of the molecule is C=c1c(-c2cc3c(-c4cc(F)cc(CNS(=C)(=C)C)c4)nccc3[nH]2)n[nH]/c1=C/C=C(\C)C1CCNCC1. The zero-order chi connectivity index (χ0) is 26.9. The number of piperidine rings is 1. The molecule has 0 saturated carbocycles. The molecule has 38 heavy (non-hydrogen) atoms. The summed E-state index contributed by atoms with van der Waals surface area (Å²) in [5.41, 5.74) is 6.11. The van der Waals surface area contributed by atoms with Crippen LogP contribution < -0.4 is 20.6 Å². The van der Waals surface area contributed by atoms with Crippen LogP contribution in [-0.2, 0) is 6.54 Å². The fourth-order valence-corrected chi connectivity index (χ4v) is 5.44. The van der Waals surface area contributed by atoms with Crippen LogP contribution in [-0.4, -0.2) is 51.3 Å². The number of benzene rings is 1. The average Bonchev–Trinajstić information content (AvgIpc) is 3.48. The van der Waals surface area contributed by atoms with Crippen molar-refractivity contribution in [1.29, 1.82) is 0 Å². The highest BCUT2D eigenvalue weighted by atomic mass is 32.2. The molecular weight excluding hydrogens is 495 g/mol. The topological polar surface area (TPSA) is 81.4 Å². The number of rotatable bonds is 7. The summed E-state index contributed by atoms with van der Waals surface area (Å²) in [5.74, 6) is 8.39. The number of nitrogens with zero attached hydrogens (tertiary/aromatic N) is 2. The summed E-state index contributed by atoms with van der Waals surface area (Å²) >= 11 is 0. The first kappa shape index (κ1) is 26.2. The lowest BCUT2D eigenvalue weighted by Crippen LogP contribution is -2.28. The van der Waals surface area contributed by atoms with Gasteiger partial charge in [0.15, 0.2) is 0 Å². The maximum Gasteiger partial charge on any atom is 0.124 e. The van der Waals surface area contributed by atoms with Gasteiger partial charge in [-0.15, -0.1) is 0 Å². The molecule has 5 rings (SSSR count). The Morgan fingerprint density at radius 1 is 1.18 bits per heavy atom. The summed E-state index contributed by atoms with van der Waals surface area (Å²) in [6.45, 7) is 9.13. The van der Waals surface area contributed by atoms with E-state index in [9.17, 15) is 4.39 Å². The van der Waals surface area contributed by atoms with Crippen LogP contribution in [0.4, 0.5) is 4.39 Å². The number of hydrogen-bond donors (Lipinski definition) is 4. The van der Waals surface area contributed by atoms with Crippen molar-refractivity contribution in [3.8, 4) is 22.6 Å². The number of allylic oxidation sites excluding steroid dienone is 2. The quantitative estimate of drug-likeness (QED) is 0.270. The molecular formula is C30H35FN6S. The summed E-state index contributed by atoms with van der Waals surface area (Å²) in [4.78, 5) is 8.06. The van der Waals surface area contributed by atoms with Gasteiger partial charge in [0, 0.05) is 34.4 Å². The molecule has 1 fully saturated rings. The van der Waals surface area contributed by atoms with Crippen LogP contribution in [0.5, 0.6) is 0 Å². The third-order valence-electron chi connectivity index (χ3n) is 7.05. The number of fused-ring (bicyclic) bond motifs is 1. The van der Waals surface area contributed by atoms with E-state index in [0.717, 1.165) is 51.5 Å². The molecule has 8 heteroatoms. The highest BCUT2D eigenvalue weighted by Gasteiger charge is 2.15. The summed E-state index contributed by atoms with van der Waals surface area (Å²) in [7, 11) is -1.41. The van der Waals surface area contributed by atoms with E-state index in [1.165, 1.54) is 30.5 Å². The molecule has 3 aromatic heterocycles. The number of aromatic nitrogens is 4. The lowest BCUT2D eigenvalue weighted by atomic mass is 9.91. The van der Waals surface area contributed by atoms with Crippen molar-refractivity contribution < 1.29 is 4.39 Å². The lowest BCUT2D eigenvalue weighted by molar-refractivity contribution is 0.420. The standard InChI is InChI=1S/C30H35FN6S/c1-19(22-8-11-32-12-9-22)6-7-26-20(2)29(37-36-26)28-17-25-27(35-28)10-13-33-30(25)23-14-21(15-24(31)16-23)18-34-38(3,4)5/h6-7,10,13-17,22,32,34-36H,2-4,8-9,11-12,18H2,1,5H3/b19-6+,26-7+. The molecule has 1 saturated heterocycles. The van der Waals surface area contributed by atoms with Crippen LogP contribution in [0.2, 0.25) is 0 Å². The van der Waals surface area contributed by atoms with Gasteiger partial charge in [0.1, 0.15) is 11.5 Å². The molecule has 0 amide bonds. The van der Waals surface area contributed by atoms with Crippen LogP contribution in [0, 0.1) is 11.7 Å². The van der Waals surface area contributed by atoms with E-state index in [1.807, 2.05) is 24.5 Å². The van der Waals surface area contributed by atoms with E-state index in [1.54, 1.807) is 6.20 Å². The van der Waals surface area contributed by atoms with Crippen molar-refractivity contribution in [3.05, 3.63) is 70.1 Å². The van der Waals surface area contributed by atoms with Gasteiger partial charge in [-0.2, -0.15) is 14.5 Å². The summed E-state index contributed by atoms with van der Waals surface area (Å²) in [5, 5.41) is 13.7. The van der Waals surface area contributed by atoms with Crippen molar-refractivity contribution in [2.45, 2.75) is 26.3 Å². The Morgan fingerprint density at radius 3 is 2.74 bits per heavy atom. The molecule has 4 N–H and O–H groups in total. The third-order valence-corrected chi connectivity index (χ3v) is 7.90. The predicted octanol–water partition coefficient (Wildman–Crippen LogP) is 4.20. The molecule has 4 aromatic rings. The first-order chi connectivity index (χ1) is 18.2. The van der Waals surface area contributed by atoms with E-state index in [0.29, 0.717) is 23.7 Å². The minimum atomic E-state index is -1.41. The van der Waals surface area contributed by atoms with Gasteiger partial charge in [-0.25, -0.2) is 4.39 Å². The Kier molecular flexibility index (Phi) is 7.38. The number of H-pyrrole nitrogens is 2. The van der Waals surface area contributed by atoms with E-state index >= 15 is 0 Å². The molecule has 198 valence electrons. The first-order valence-electron chi connectivity index (χ1n) is 12.8. The van der Waals surface area contributed by atoms with Gasteiger partial charge in [0.05, 0.1) is 16.7 Å². The fourth-order valence-electron chi connectivity index (χ4n) is 4.93. The van der Waals surface area contributed by atoms with Crippen molar-refractivity contribution >= 4 is 44.7 Å². The molecule has 0 atom stereocenters. The Balaban J connectivity index is 1.48. The predicted molar refractivity (Wildman–Crippen MR) is 162 cm³/mol. The fraction of sp³-hybridized carbons (Fsp3) is 0.267. The number of pyridine rings is 1. The van der Waals surface area contributed by atoms with E-state index in [4.69, 9.17) is 0 Å². The molecule has 0 unspecified atom stereocenters. The maximum absolute atomic E-state index is 14.6. The molecule has 0 aliphatic carbocycles. The first-order valence-corrected chi connectivity index (χ1v) is 15.2. The van der Waals surface area contributed by atoms with Crippen molar-refractivity contribution in [3.63, 3.8) is 0 Å². The van der Waals surface area contributed by atoms with Crippen LogP contribution >= 0.6 is 9.39 Å². The lowest BCUT2D eigenvalue weighted by Gasteiger charge is -2.23. The summed E-state index contributed by atoms with van der Waals surface area (Å²) < 4.78 is 17.9. The van der Waals surface area contributed by atoms with Crippen LogP contribution in [0.25, 0.3) is 46.2 Å². The summed E-state index contributed by atoms with van der Waals surface area (Å²) in [6.07, 6.45) is 10.3. The van der Waals surface area contributed by atoms with Gasteiger partial charge in [-0.05, 0) is 87.0 Å². The number of aromatic amines is 2. The summed E-state index contributed by atoms with van der Waals surface area (Å²) in [6, 6.07) is 8.93. The van der Waals surface area contributed by atoms with Crippen LogP contribution in [0.1, 0.15) is 25.3 Å². The molecule has 4 heterocycles. The number of halogens is 1. The van der Waals surface area contributed by atoms with E-state index in [2.05, 4.69) is 67.6 Å². The molecule has 0 bridgehead atoms. The zero-order valence-corrected chi connectivity index (χ0v) is 22.9. The van der Waals surface area contributed by atoms with Gasteiger partial charge in [-0.1, -0.05) is 30.0 Å². The van der Waals surface area contributed by atoms with Crippen molar-refractivity contribution in [2.24, 2.45) is 5.92 Å². The minimum absolute atomic E-state index is 0.306. The smallest absolute Gasteiger partial charge is 0.124 e. The van der Waals surface area contributed by atoms with Crippen LogP contribution in [0.3, 0.4) is 0 Å². The van der Waals surface area contributed by atoms with Crippen LogP contribution in [0.15, 0.2) is 48.2 Å². The highest BCUT2D eigenvalue weighted by Crippen LogP contribution is 2.30. The van der Waals surface area contributed by atoms with Gasteiger partial charge in [0.2, 0.25) is 0 Å². The molecule has 0 radical (unpaired) electrons. The van der Waals surface area contributed by atoms with Gasteiger partial charge in [0.25, 0.3) is 0 Å². The van der Waals surface area contributed by atoms with E-state index < -0.39 is 9.39 Å². The Labute approximate surface area is 223 Å². The normalized spacial score (nSPS) is 16.0. The van der Waals surface area contributed by atoms with Gasteiger partial charge < -0.3 is 10.3 Å². The molecule has 1 aliphatic heterocycles. The van der Waals surface area contributed by atoms with Gasteiger partial charge >= 0.3 is 0 Å². The molecule has 6 nitrogen and oxygen atoms in total. The molecule has 0 spiro atoms. The molecule has 1 aromatic carbocycles. The minimum Gasteiger partial charge on any atom is -0.353 e. The zero-order valence-electron chi connectivity index (χ0n) is 22.0. The number of hydrogen-bond acceptors (Lipinski definition) is 4. The molecule has 1 aliphatic rings. The third kappa shape index (κ3) is 5.83. The Hall–Kier alpha value is -3.46. The second-order valence-electron chi connectivity index (χ2n) is 10.3. The maximum atomic E-state index is 14.6. The Bertz CT molecular complexity index is 1720. The number of nitrogens with one attached hydrogen (secondary N) is 4. The largest absolute Gasteiger partial charge is 0.353 e. The monoisotopic (exact) mass is 530 g/mol.